The van der Waals surface area contributed by atoms with Crippen LogP contribution in [0.15, 0.2) is 27.4 Å². The van der Waals surface area contributed by atoms with Crippen LogP contribution in [-0.4, -0.2) is 30.6 Å². The Kier molecular flexibility index (Phi) is 5.23. The van der Waals surface area contributed by atoms with Gasteiger partial charge in [0, 0.05) is 24.5 Å². The van der Waals surface area contributed by atoms with E-state index in [4.69, 9.17) is 9.15 Å². The Bertz CT molecular complexity index is 839. The third kappa shape index (κ3) is 3.93. The van der Waals surface area contributed by atoms with E-state index < -0.39 is 0 Å². The Morgan fingerprint density at radius 3 is 2.80 bits per heavy atom. The molecule has 0 amide bonds. The van der Waals surface area contributed by atoms with Crippen LogP contribution in [-0.2, 0) is 16.1 Å². The van der Waals surface area contributed by atoms with Crippen LogP contribution in [0.4, 0.5) is 0 Å². The molecule has 134 valence electrons. The largest absolute Gasteiger partial charge is 0.466 e. The number of hydrogen-bond donors (Lipinski definition) is 0. The van der Waals surface area contributed by atoms with E-state index in [1.165, 1.54) is 5.56 Å². The Balaban J connectivity index is 1.86. The quantitative estimate of drug-likeness (QED) is 0.630. The van der Waals surface area contributed by atoms with Gasteiger partial charge in [0.05, 0.1) is 12.5 Å². The van der Waals surface area contributed by atoms with Crippen LogP contribution in [0.1, 0.15) is 36.5 Å². The number of likely N-dealkylation sites (tertiary alicyclic amines) is 1. The average molecular weight is 343 g/mol. The molecule has 1 aliphatic rings. The summed E-state index contributed by atoms with van der Waals surface area (Å²) in [6.45, 7) is 8.54. The lowest BCUT2D eigenvalue weighted by molar-refractivity contribution is -0.150. The van der Waals surface area contributed by atoms with Crippen molar-refractivity contribution >= 4 is 16.9 Å². The molecule has 3 rings (SSSR count). The summed E-state index contributed by atoms with van der Waals surface area (Å²) in [6.07, 6.45) is 1.83. The molecule has 1 aromatic heterocycles. The van der Waals surface area contributed by atoms with E-state index in [0.717, 1.165) is 35.9 Å². The zero-order valence-corrected chi connectivity index (χ0v) is 15.1. The van der Waals surface area contributed by atoms with Gasteiger partial charge in [0.1, 0.15) is 5.58 Å². The van der Waals surface area contributed by atoms with Crippen molar-refractivity contribution < 1.29 is 13.9 Å². The first-order chi connectivity index (χ1) is 12.0. The number of benzene rings is 1. The summed E-state index contributed by atoms with van der Waals surface area (Å²) in [5.74, 6) is -0.194. The summed E-state index contributed by atoms with van der Waals surface area (Å²) >= 11 is 0. The van der Waals surface area contributed by atoms with E-state index in [-0.39, 0.29) is 17.5 Å². The molecule has 0 N–H and O–H groups in total. The van der Waals surface area contributed by atoms with Gasteiger partial charge in [-0.05, 0) is 69.0 Å². The molecule has 2 heterocycles. The van der Waals surface area contributed by atoms with Crippen molar-refractivity contribution in [2.75, 3.05) is 19.7 Å². The normalized spacial score (nSPS) is 18.4. The Morgan fingerprint density at radius 2 is 2.04 bits per heavy atom. The molecule has 0 bridgehead atoms. The molecule has 0 spiro atoms. The maximum Gasteiger partial charge on any atom is 0.336 e. The highest BCUT2D eigenvalue weighted by atomic mass is 16.5. The smallest absolute Gasteiger partial charge is 0.336 e. The molecule has 1 aliphatic heterocycles. The van der Waals surface area contributed by atoms with Crippen LogP contribution < -0.4 is 5.63 Å². The molecule has 5 heteroatoms. The number of rotatable bonds is 4. The Morgan fingerprint density at radius 1 is 1.28 bits per heavy atom. The molecule has 0 aliphatic carbocycles. The van der Waals surface area contributed by atoms with E-state index in [0.29, 0.717) is 25.3 Å². The van der Waals surface area contributed by atoms with Gasteiger partial charge in [-0.2, -0.15) is 0 Å². The molecule has 25 heavy (non-hydrogen) atoms. The molecular weight excluding hydrogens is 318 g/mol. The van der Waals surface area contributed by atoms with E-state index in [1.807, 2.05) is 19.9 Å². The molecule has 5 nitrogen and oxygen atoms in total. The standard InChI is InChI=1S/C20H25NO4/c1-4-24-20(23)15-6-5-7-21(11-15)12-16-10-19(22)25-18-9-14(3)13(2)8-17(16)18/h8-10,15H,4-7,11-12H2,1-3H3/t15-/m0/s1. The topological polar surface area (TPSA) is 59.8 Å². The summed E-state index contributed by atoms with van der Waals surface area (Å²) < 4.78 is 10.5. The zero-order chi connectivity index (χ0) is 18.0. The van der Waals surface area contributed by atoms with Gasteiger partial charge in [0.2, 0.25) is 0 Å². The van der Waals surface area contributed by atoms with Crippen LogP contribution in [0, 0.1) is 19.8 Å². The first kappa shape index (κ1) is 17.7. The monoisotopic (exact) mass is 343 g/mol. The van der Waals surface area contributed by atoms with E-state index in [2.05, 4.69) is 17.9 Å². The molecule has 0 unspecified atom stereocenters. The van der Waals surface area contributed by atoms with Gasteiger partial charge < -0.3 is 9.15 Å². The van der Waals surface area contributed by atoms with Crippen LogP contribution in [0.2, 0.25) is 0 Å². The molecule has 1 saturated heterocycles. The molecule has 1 atom stereocenters. The molecule has 1 aromatic carbocycles. The van der Waals surface area contributed by atoms with Crippen LogP contribution >= 0.6 is 0 Å². The number of carbonyl (C=O) groups excluding carboxylic acids is 1. The fraction of sp³-hybridized carbons (Fsp3) is 0.500. The maximum atomic E-state index is 12.0. The number of aryl methyl sites for hydroxylation is 2. The van der Waals surface area contributed by atoms with E-state index in [1.54, 1.807) is 6.07 Å². The first-order valence-corrected chi connectivity index (χ1v) is 8.91. The third-order valence-electron chi connectivity index (χ3n) is 4.96. The lowest BCUT2D eigenvalue weighted by Crippen LogP contribution is -2.39. The highest BCUT2D eigenvalue weighted by molar-refractivity contribution is 5.81. The van der Waals surface area contributed by atoms with Crippen LogP contribution in [0.25, 0.3) is 11.0 Å². The predicted octanol–water partition coefficient (Wildman–Crippen LogP) is 3.18. The molecule has 0 saturated carbocycles. The highest BCUT2D eigenvalue weighted by Crippen LogP contribution is 2.25. The summed E-state index contributed by atoms with van der Waals surface area (Å²) in [5.41, 5.74) is 3.53. The van der Waals surface area contributed by atoms with E-state index in [9.17, 15) is 9.59 Å². The van der Waals surface area contributed by atoms with Crippen molar-refractivity contribution in [3.05, 3.63) is 45.3 Å². The SMILES string of the molecule is CCOC(=O)[C@H]1CCCN(Cc2cc(=O)oc3cc(C)c(C)cc23)C1. The second kappa shape index (κ2) is 7.40. The van der Waals surface area contributed by atoms with Crippen molar-refractivity contribution in [2.24, 2.45) is 5.92 Å². The Labute approximate surface area is 147 Å². The van der Waals surface area contributed by atoms with Crippen LogP contribution in [0.3, 0.4) is 0 Å². The van der Waals surface area contributed by atoms with Crippen molar-refractivity contribution in [2.45, 2.75) is 40.2 Å². The second-order valence-corrected chi connectivity index (χ2v) is 6.85. The number of nitrogens with zero attached hydrogens (tertiary/aromatic N) is 1. The van der Waals surface area contributed by atoms with Gasteiger partial charge in [0.25, 0.3) is 0 Å². The zero-order valence-electron chi connectivity index (χ0n) is 15.1. The number of fused-ring (bicyclic) bond motifs is 1. The van der Waals surface area contributed by atoms with Crippen molar-refractivity contribution in [1.29, 1.82) is 0 Å². The van der Waals surface area contributed by atoms with Gasteiger partial charge in [-0.25, -0.2) is 4.79 Å². The number of esters is 1. The van der Waals surface area contributed by atoms with Gasteiger partial charge in [-0.1, -0.05) is 0 Å². The lowest BCUT2D eigenvalue weighted by Gasteiger charge is -2.31. The number of hydrogen-bond acceptors (Lipinski definition) is 5. The molecule has 0 radical (unpaired) electrons. The van der Waals surface area contributed by atoms with Gasteiger partial charge >= 0.3 is 11.6 Å². The summed E-state index contributed by atoms with van der Waals surface area (Å²) in [6, 6.07) is 5.58. The molecular formula is C20H25NO4. The van der Waals surface area contributed by atoms with E-state index >= 15 is 0 Å². The molecule has 1 fully saturated rings. The number of piperidine rings is 1. The van der Waals surface area contributed by atoms with Crippen LogP contribution in [0.5, 0.6) is 0 Å². The highest BCUT2D eigenvalue weighted by Gasteiger charge is 2.27. The third-order valence-corrected chi connectivity index (χ3v) is 4.96. The minimum atomic E-state index is -0.329. The minimum absolute atomic E-state index is 0.0796. The number of ether oxygens (including phenoxy) is 1. The minimum Gasteiger partial charge on any atom is -0.466 e. The predicted molar refractivity (Wildman–Crippen MR) is 96.6 cm³/mol. The maximum absolute atomic E-state index is 12.0. The lowest BCUT2D eigenvalue weighted by atomic mass is 9.97. The first-order valence-electron chi connectivity index (χ1n) is 8.91. The fourth-order valence-electron chi connectivity index (χ4n) is 3.51. The Hall–Kier alpha value is -2.14. The number of carbonyl (C=O) groups is 1. The summed E-state index contributed by atoms with van der Waals surface area (Å²) in [4.78, 5) is 26.2. The molecule has 2 aromatic rings. The van der Waals surface area contributed by atoms with Crippen molar-refractivity contribution in [3.63, 3.8) is 0 Å². The fourth-order valence-corrected chi connectivity index (χ4v) is 3.51. The van der Waals surface area contributed by atoms with Gasteiger partial charge in [-0.15, -0.1) is 0 Å². The second-order valence-electron chi connectivity index (χ2n) is 6.85. The van der Waals surface area contributed by atoms with Crippen molar-refractivity contribution in [1.82, 2.24) is 4.90 Å². The van der Waals surface area contributed by atoms with Crippen molar-refractivity contribution in [3.8, 4) is 0 Å². The summed E-state index contributed by atoms with van der Waals surface area (Å²) in [5, 5.41) is 0.973. The van der Waals surface area contributed by atoms with Gasteiger partial charge in [0.15, 0.2) is 0 Å². The summed E-state index contributed by atoms with van der Waals surface area (Å²) in [7, 11) is 0. The van der Waals surface area contributed by atoms with Gasteiger partial charge in [-0.3, -0.25) is 9.69 Å². The average Bonchev–Trinajstić information content (AvgIpc) is 2.57.